The molecule has 1 amide bonds. The second kappa shape index (κ2) is 8.69. The molecule has 0 spiro atoms. The fourth-order valence-electron chi connectivity index (χ4n) is 2.48. The Hall–Kier alpha value is -2.57. The summed E-state index contributed by atoms with van der Waals surface area (Å²) in [6, 6.07) is 14.6. The third kappa shape index (κ3) is 4.74. The van der Waals surface area contributed by atoms with Crippen LogP contribution in [0.3, 0.4) is 0 Å². The number of benzene rings is 2. The van der Waals surface area contributed by atoms with E-state index in [1.165, 1.54) is 7.11 Å². The first kappa shape index (κ1) is 19.8. The summed E-state index contributed by atoms with van der Waals surface area (Å²) in [6.45, 7) is 0.216. The third-order valence-corrected chi connectivity index (χ3v) is 4.28. The number of anilines is 1. The molecule has 2 rings (SSSR count). The van der Waals surface area contributed by atoms with E-state index >= 15 is 0 Å². The van der Waals surface area contributed by atoms with E-state index in [-0.39, 0.29) is 18.3 Å². The molecule has 2 aromatic carbocycles. The topological polar surface area (TPSA) is 82.6 Å². The van der Waals surface area contributed by atoms with Crippen LogP contribution in [-0.4, -0.2) is 37.4 Å². The van der Waals surface area contributed by atoms with E-state index in [0.29, 0.717) is 5.56 Å². The maximum atomic E-state index is 12.7. The van der Waals surface area contributed by atoms with Gasteiger partial charge in [-0.2, -0.15) is 0 Å². The molecule has 2 aromatic rings. The first-order valence-corrected chi connectivity index (χ1v) is 8.38. The molecule has 0 fully saturated rings. The second-order valence-corrected chi connectivity index (χ2v) is 6.48. The van der Waals surface area contributed by atoms with E-state index in [1.54, 1.807) is 24.3 Å². The fourth-order valence-corrected chi connectivity index (χ4v) is 2.71. The van der Waals surface area contributed by atoms with Crippen molar-refractivity contribution >= 4 is 29.2 Å². The van der Waals surface area contributed by atoms with Gasteiger partial charge in [-0.05, 0) is 23.3 Å². The van der Waals surface area contributed by atoms with Crippen LogP contribution >= 0.6 is 11.8 Å². The van der Waals surface area contributed by atoms with Gasteiger partial charge >= 0.3 is 0 Å². The maximum Gasteiger partial charge on any atom is 0.270 e. The Morgan fingerprint density at radius 1 is 1.15 bits per heavy atom. The van der Waals surface area contributed by atoms with Crippen LogP contribution in [0.5, 0.6) is 0 Å². The Kier molecular flexibility index (Phi) is 6.60. The summed E-state index contributed by atoms with van der Waals surface area (Å²) in [5.41, 5.74) is 8.66. The summed E-state index contributed by atoms with van der Waals surface area (Å²) in [7, 11) is 5.38. The van der Waals surface area contributed by atoms with E-state index in [0.717, 1.165) is 21.2 Å². The van der Waals surface area contributed by atoms with Crippen molar-refractivity contribution < 1.29 is 9.53 Å². The number of nitrogens with zero attached hydrogens (tertiary/aromatic N) is 2. The van der Waals surface area contributed by atoms with Crippen LogP contribution in [0.25, 0.3) is 0 Å². The predicted molar refractivity (Wildman–Crippen MR) is 104 cm³/mol. The van der Waals surface area contributed by atoms with E-state index < -0.39 is 6.10 Å². The molecule has 6 nitrogen and oxygen atoms in total. The van der Waals surface area contributed by atoms with Crippen molar-refractivity contribution in [2.75, 3.05) is 26.1 Å². The van der Waals surface area contributed by atoms with Gasteiger partial charge in [-0.3, -0.25) is 10.2 Å². The van der Waals surface area contributed by atoms with Crippen LogP contribution in [0.1, 0.15) is 22.8 Å². The van der Waals surface area contributed by atoms with E-state index in [4.69, 9.17) is 27.7 Å². The quantitative estimate of drug-likeness (QED) is 0.443. The number of amides is 1. The molecule has 0 saturated carbocycles. The van der Waals surface area contributed by atoms with Crippen LogP contribution < -0.4 is 10.6 Å². The highest BCUT2D eigenvalue weighted by Crippen LogP contribution is 2.24. The number of methoxy groups -OCH3 is 1. The number of amidine groups is 1. The van der Waals surface area contributed by atoms with Crippen molar-refractivity contribution in [2.45, 2.75) is 12.6 Å². The summed E-state index contributed by atoms with van der Waals surface area (Å²) < 4.78 is 6.48. The Balaban J connectivity index is 2.10. The van der Waals surface area contributed by atoms with Crippen molar-refractivity contribution in [3.05, 3.63) is 65.2 Å². The zero-order valence-corrected chi connectivity index (χ0v) is 15.8. The number of nitrogen functional groups attached to an aromatic ring is 1. The minimum Gasteiger partial charge on any atom is -0.384 e. The van der Waals surface area contributed by atoms with Gasteiger partial charge in [-0.1, -0.05) is 36.4 Å². The van der Waals surface area contributed by atoms with E-state index in [1.807, 2.05) is 43.3 Å². The molecule has 7 heteroatoms. The van der Waals surface area contributed by atoms with Crippen molar-refractivity contribution in [2.24, 2.45) is 5.73 Å². The third-order valence-electron chi connectivity index (χ3n) is 4.00. The summed E-state index contributed by atoms with van der Waals surface area (Å²) >= 11 is 6.20. The summed E-state index contributed by atoms with van der Waals surface area (Å²) in [4.78, 5) is 14.7. The van der Waals surface area contributed by atoms with Gasteiger partial charge in [0.1, 0.15) is 5.84 Å². The lowest BCUT2D eigenvalue weighted by molar-refractivity contribution is -0.137. The standard InChI is InChI=1S/C19H23ClN4O2/c1-23(2)16-10-8-14(9-11-16)17(26-3)19(25)24(20)12-13-4-6-15(7-5-13)18(21)22/h4-11,17H,12H2,1-3H3,(H3,21,22). The van der Waals surface area contributed by atoms with Gasteiger partial charge in [-0.25, -0.2) is 4.42 Å². The number of hydrogen-bond acceptors (Lipinski definition) is 4. The molecule has 0 aliphatic rings. The van der Waals surface area contributed by atoms with Crippen LogP contribution in [-0.2, 0) is 16.1 Å². The first-order valence-electron chi connectivity index (χ1n) is 8.04. The number of hydrogen-bond donors (Lipinski definition) is 2. The molecule has 1 atom stereocenters. The van der Waals surface area contributed by atoms with Gasteiger partial charge in [-0.15, -0.1) is 0 Å². The summed E-state index contributed by atoms with van der Waals surface area (Å²) in [5.74, 6) is -0.349. The number of halogens is 1. The lowest BCUT2D eigenvalue weighted by atomic mass is 10.1. The average Bonchev–Trinajstić information content (AvgIpc) is 2.63. The maximum absolute atomic E-state index is 12.7. The fraction of sp³-hybridized carbons (Fsp3) is 0.263. The molecule has 0 saturated heterocycles. The van der Waals surface area contributed by atoms with Crippen molar-refractivity contribution in [1.29, 1.82) is 5.41 Å². The van der Waals surface area contributed by atoms with E-state index in [9.17, 15) is 4.79 Å². The highest BCUT2D eigenvalue weighted by Gasteiger charge is 2.25. The minimum atomic E-state index is -0.778. The van der Waals surface area contributed by atoms with Gasteiger partial charge in [0, 0.05) is 44.2 Å². The Bertz CT molecular complexity index is 760. The molecule has 0 radical (unpaired) electrons. The van der Waals surface area contributed by atoms with Crippen molar-refractivity contribution in [3.8, 4) is 0 Å². The Morgan fingerprint density at radius 2 is 1.73 bits per heavy atom. The molecule has 0 bridgehead atoms. The number of rotatable bonds is 7. The van der Waals surface area contributed by atoms with Crippen LogP contribution in [0, 0.1) is 5.41 Å². The zero-order valence-electron chi connectivity index (χ0n) is 15.1. The van der Waals surface area contributed by atoms with E-state index in [2.05, 4.69) is 0 Å². The molecule has 138 valence electrons. The largest absolute Gasteiger partial charge is 0.384 e. The number of carbonyl (C=O) groups is 1. The highest BCUT2D eigenvalue weighted by atomic mass is 35.5. The number of carbonyl (C=O) groups excluding carboxylic acids is 1. The molecular weight excluding hydrogens is 352 g/mol. The summed E-state index contributed by atoms with van der Waals surface area (Å²) in [6.07, 6.45) is -0.778. The van der Waals surface area contributed by atoms with Gasteiger partial charge in [0.15, 0.2) is 6.10 Å². The lowest BCUT2D eigenvalue weighted by Gasteiger charge is -2.21. The van der Waals surface area contributed by atoms with Gasteiger partial charge < -0.3 is 15.4 Å². The van der Waals surface area contributed by atoms with Crippen LogP contribution in [0.15, 0.2) is 48.5 Å². The zero-order chi connectivity index (χ0) is 19.3. The minimum absolute atomic E-state index is 0.00373. The van der Waals surface area contributed by atoms with Gasteiger partial charge in [0.2, 0.25) is 0 Å². The first-order chi connectivity index (χ1) is 12.3. The van der Waals surface area contributed by atoms with Gasteiger partial charge in [0.25, 0.3) is 5.91 Å². The number of nitrogens with one attached hydrogen (secondary N) is 1. The molecule has 0 aromatic heterocycles. The molecule has 1 unspecified atom stereocenters. The lowest BCUT2D eigenvalue weighted by Crippen LogP contribution is -2.28. The predicted octanol–water partition coefficient (Wildman–Crippen LogP) is 2.91. The SMILES string of the molecule is COC(C(=O)N(Cl)Cc1ccc(C(=N)N)cc1)c1ccc(N(C)C)cc1. The normalized spacial score (nSPS) is 11.7. The molecule has 26 heavy (non-hydrogen) atoms. The Morgan fingerprint density at radius 3 is 2.19 bits per heavy atom. The highest BCUT2D eigenvalue weighted by molar-refractivity contribution is 6.21. The summed E-state index contributed by atoms with van der Waals surface area (Å²) in [5, 5.41) is 7.40. The van der Waals surface area contributed by atoms with Crippen LogP contribution in [0.4, 0.5) is 5.69 Å². The molecule has 0 aliphatic heterocycles. The van der Waals surface area contributed by atoms with Crippen molar-refractivity contribution in [3.63, 3.8) is 0 Å². The molecule has 0 heterocycles. The Labute approximate surface area is 158 Å². The molecular formula is C19H23ClN4O2. The number of ether oxygens (including phenoxy) is 1. The molecule has 0 aliphatic carbocycles. The van der Waals surface area contributed by atoms with Gasteiger partial charge in [0.05, 0.1) is 6.54 Å². The second-order valence-electron chi connectivity index (χ2n) is 6.07. The van der Waals surface area contributed by atoms with Crippen molar-refractivity contribution in [1.82, 2.24) is 4.42 Å². The number of nitrogens with two attached hydrogens (primary N) is 1. The van der Waals surface area contributed by atoms with Crippen LogP contribution in [0.2, 0.25) is 0 Å². The monoisotopic (exact) mass is 374 g/mol. The molecule has 3 N–H and O–H groups in total. The average molecular weight is 375 g/mol. The smallest absolute Gasteiger partial charge is 0.270 e.